The van der Waals surface area contributed by atoms with Crippen molar-refractivity contribution in [2.24, 2.45) is 5.92 Å². The largest absolute Gasteiger partial charge is 0.457 e. The van der Waals surface area contributed by atoms with Crippen LogP contribution in [0.15, 0.2) is 84.2 Å². The Labute approximate surface area is 196 Å². The van der Waals surface area contributed by atoms with Gasteiger partial charge in [0.1, 0.15) is 17.2 Å². The fourth-order valence-corrected chi connectivity index (χ4v) is 4.59. The number of benzene rings is 2. The molecule has 0 aliphatic carbocycles. The van der Waals surface area contributed by atoms with Crippen LogP contribution in [0.3, 0.4) is 0 Å². The number of carbonyl (C=O) groups is 1. The maximum Gasteiger partial charge on any atom is 0.227 e. The minimum absolute atomic E-state index is 0.0140. The Morgan fingerprint density at radius 3 is 2.30 bits per heavy atom. The quantitative estimate of drug-likeness (QED) is 0.394. The van der Waals surface area contributed by atoms with Gasteiger partial charge in [-0.2, -0.15) is 0 Å². The van der Waals surface area contributed by atoms with Crippen LogP contribution in [0, 0.1) is 5.92 Å². The Bertz CT molecular complexity index is 1170. The maximum absolute atomic E-state index is 12.8. The molecule has 3 heterocycles. The molecule has 1 aliphatic heterocycles. The molecule has 7 heteroatoms. The van der Waals surface area contributed by atoms with E-state index in [4.69, 9.17) is 4.74 Å². The molecule has 1 N–H and O–H groups in total. The first-order chi connectivity index (χ1) is 16.2. The van der Waals surface area contributed by atoms with E-state index in [0.717, 1.165) is 59.5 Å². The van der Waals surface area contributed by atoms with Gasteiger partial charge in [-0.1, -0.05) is 24.3 Å². The summed E-state index contributed by atoms with van der Waals surface area (Å²) >= 11 is 1.65. The molecule has 5 rings (SSSR count). The number of amides is 1. The smallest absolute Gasteiger partial charge is 0.227 e. The summed E-state index contributed by atoms with van der Waals surface area (Å²) in [5.41, 5.74) is 1.67. The van der Waals surface area contributed by atoms with Crippen molar-refractivity contribution in [3.63, 3.8) is 0 Å². The van der Waals surface area contributed by atoms with Crippen molar-refractivity contribution in [2.75, 3.05) is 23.3 Å². The third-order valence-corrected chi connectivity index (χ3v) is 6.61. The first kappa shape index (κ1) is 21.2. The molecule has 1 aliphatic rings. The summed E-state index contributed by atoms with van der Waals surface area (Å²) in [6.45, 7) is 1.57. The molecule has 1 amide bonds. The third-order valence-electron chi connectivity index (χ3n) is 5.71. The molecule has 0 unspecified atom stereocenters. The van der Waals surface area contributed by atoms with E-state index in [1.807, 2.05) is 84.2 Å². The number of anilines is 2. The van der Waals surface area contributed by atoms with Crippen LogP contribution < -0.4 is 15.0 Å². The number of thiophene rings is 1. The van der Waals surface area contributed by atoms with Crippen LogP contribution in [0.2, 0.25) is 0 Å². The van der Waals surface area contributed by atoms with Crippen LogP contribution in [0.5, 0.6) is 11.5 Å². The predicted molar refractivity (Wildman–Crippen MR) is 132 cm³/mol. The number of nitrogens with zero attached hydrogens (tertiary/aromatic N) is 3. The minimum atomic E-state index is -0.0140. The van der Waals surface area contributed by atoms with Crippen molar-refractivity contribution < 1.29 is 9.53 Å². The average molecular weight is 457 g/mol. The fraction of sp³-hybridized carbons (Fsp3) is 0.192. The number of para-hydroxylation sites is 1. The SMILES string of the molecule is O=C(Nc1ccc(Oc2ccccc2)cc1)C1CCN(c2ccc(-c3cccs3)nn2)CC1. The number of ether oxygens (including phenoxy) is 1. The molecule has 6 nitrogen and oxygen atoms in total. The van der Waals surface area contributed by atoms with Crippen LogP contribution in [0.4, 0.5) is 11.5 Å². The van der Waals surface area contributed by atoms with E-state index in [1.54, 1.807) is 11.3 Å². The average Bonchev–Trinajstić information content (AvgIpc) is 3.41. The predicted octanol–water partition coefficient (Wildman–Crippen LogP) is 5.85. The van der Waals surface area contributed by atoms with Crippen molar-refractivity contribution in [1.29, 1.82) is 0 Å². The zero-order valence-electron chi connectivity index (χ0n) is 18.1. The Balaban J connectivity index is 1.12. The molecule has 0 spiro atoms. The van der Waals surface area contributed by atoms with Gasteiger partial charge in [-0.05, 0) is 72.8 Å². The Hall–Kier alpha value is -3.71. The van der Waals surface area contributed by atoms with Gasteiger partial charge in [0.05, 0.1) is 4.88 Å². The van der Waals surface area contributed by atoms with Crippen molar-refractivity contribution in [1.82, 2.24) is 10.2 Å². The molecule has 0 bridgehead atoms. The molecule has 0 radical (unpaired) electrons. The number of carbonyl (C=O) groups excluding carboxylic acids is 1. The summed E-state index contributed by atoms with van der Waals surface area (Å²) in [6.07, 6.45) is 1.57. The van der Waals surface area contributed by atoms with E-state index in [2.05, 4.69) is 20.4 Å². The lowest BCUT2D eigenvalue weighted by atomic mass is 9.96. The lowest BCUT2D eigenvalue weighted by Gasteiger charge is -2.31. The monoisotopic (exact) mass is 456 g/mol. The maximum atomic E-state index is 12.8. The van der Waals surface area contributed by atoms with E-state index in [1.165, 1.54) is 0 Å². The number of hydrogen-bond donors (Lipinski definition) is 1. The molecular formula is C26H24N4O2S. The third kappa shape index (κ3) is 5.21. The second-order valence-electron chi connectivity index (χ2n) is 7.94. The molecule has 2 aromatic carbocycles. The van der Waals surface area contributed by atoms with Gasteiger partial charge in [0, 0.05) is 24.7 Å². The lowest BCUT2D eigenvalue weighted by molar-refractivity contribution is -0.120. The van der Waals surface area contributed by atoms with Crippen LogP contribution >= 0.6 is 11.3 Å². The second kappa shape index (κ2) is 9.83. The number of nitrogens with one attached hydrogen (secondary N) is 1. The van der Waals surface area contributed by atoms with Gasteiger partial charge >= 0.3 is 0 Å². The first-order valence-electron chi connectivity index (χ1n) is 11.0. The Kier molecular flexibility index (Phi) is 6.30. The topological polar surface area (TPSA) is 67.3 Å². The molecule has 1 saturated heterocycles. The summed E-state index contributed by atoms with van der Waals surface area (Å²) in [4.78, 5) is 16.1. The summed E-state index contributed by atoms with van der Waals surface area (Å²) in [6, 6.07) is 25.2. The highest BCUT2D eigenvalue weighted by Gasteiger charge is 2.26. The lowest BCUT2D eigenvalue weighted by Crippen LogP contribution is -2.38. The zero-order chi connectivity index (χ0) is 22.5. The highest BCUT2D eigenvalue weighted by atomic mass is 32.1. The van der Waals surface area contributed by atoms with Gasteiger partial charge in [0.15, 0.2) is 5.82 Å². The molecule has 2 aromatic heterocycles. The second-order valence-corrected chi connectivity index (χ2v) is 8.89. The van der Waals surface area contributed by atoms with E-state index in [9.17, 15) is 4.79 Å². The van der Waals surface area contributed by atoms with Gasteiger partial charge < -0.3 is 15.0 Å². The molecular weight excluding hydrogens is 432 g/mol. The van der Waals surface area contributed by atoms with Crippen molar-refractivity contribution in [2.45, 2.75) is 12.8 Å². The highest BCUT2D eigenvalue weighted by Crippen LogP contribution is 2.27. The van der Waals surface area contributed by atoms with Gasteiger partial charge in [0.25, 0.3) is 0 Å². The number of aromatic nitrogens is 2. The van der Waals surface area contributed by atoms with Gasteiger partial charge in [-0.15, -0.1) is 21.5 Å². The molecule has 1 fully saturated rings. The van der Waals surface area contributed by atoms with Crippen molar-refractivity contribution in [3.8, 4) is 22.1 Å². The number of hydrogen-bond acceptors (Lipinski definition) is 6. The summed E-state index contributed by atoms with van der Waals surface area (Å²) in [5.74, 6) is 2.43. The van der Waals surface area contributed by atoms with Crippen LogP contribution in [-0.2, 0) is 4.79 Å². The van der Waals surface area contributed by atoms with Crippen molar-refractivity contribution in [3.05, 3.63) is 84.2 Å². The molecule has 0 saturated carbocycles. The minimum Gasteiger partial charge on any atom is -0.457 e. The van der Waals surface area contributed by atoms with Crippen molar-refractivity contribution >= 4 is 28.7 Å². The zero-order valence-corrected chi connectivity index (χ0v) is 18.9. The van der Waals surface area contributed by atoms with E-state index < -0.39 is 0 Å². The van der Waals surface area contributed by atoms with E-state index in [-0.39, 0.29) is 11.8 Å². The van der Waals surface area contributed by atoms with Gasteiger partial charge in [-0.3, -0.25) is 4.79 Å². The summed E-state index contributed by atoms with van der Waals surface area (Å²) < 4.78 is 5.81. The number of rotatable bonds is 6. The van der Waals surface area contributed by atoms with Crippen LogP contribution in [0.25, 0.3) is 10.6 Å². The Morgan fingerprint density at radius 1 is 0.879 bits per heavy atom. The van der Waals surface area contributed by atoms with Crippen LogP contribution in [0.1, 0.15) is 12.8 Å². The normalized spacial score (nSPS) is 14.1. The van der Waals surface area contributed by atoms with E-state index in [0.29, 0.717) is 0 Å². The highest BCUT2D eigenvalue weighted by molar-refractivity contribution is 7.13. The fourth-order valence-electron chi connectivity index (χ4n) is 3.90. The number of piperidine rings is 1. The van der Waals surface area contributed by atoms with Gasteiger partial charge in [-0.25, -0.2) is 0 Å². The standard InChI is InChI=1S/C26H24N4O2S/c31-26(27-20-8-10-22(11-9-20)32-21-5-2-1-3-6-21)19-14-16-30(17-15-19)25-13-12-23(28-29-25)24-7-4-18-33-24/h1-13,18-19H,14-17H2,(H,27,31). The summed E-state index contributed by atoms with van der Waals surface area (Å²) in [7, 11) is 0. The Morgan fingerprint density at radius 2 is 1.64 bits per heavy atom. The molecule has 4 aromatic rings. The summed E-state index contributed by atoms with van der Waals surface area (Å²) in [5, 5.41) is 13.8. The molecule has 33 heavy (non-hydrogen) atoms. The molecule has 0 atom stereocenters. The first-order valence-corrected chi connectivity index (χ1v) is 11.9. The van der Waals surface area contributed by atoms with Gasteiger partial charge in [0.2, 0.25) is 5.91 Å². The van der Waals surface area contributed by atoms with E-state index >= 15 is 0 Å². The van der Waals surface area contributed by atoms with Crippen LogP contribution in [-0.4, -0.2) is 29.2 Å². The molecule has 166 valence electrons.